The molecule has 5 heteroatoms. The second kappa shape index (κ2) is 5.66. The van der Waals surface area contributed by atoms with Crippen LogP contribution in [0, 0.1) is 0 Å². The Kier molecular flexibility index (Phi) is 3.55. The topological polar surface area (TPSA) is 82.2 Å². The lowest BCUT2D eigenvalue weighted by Gasteiger charge is -2.05. The van der Waals surface area contributed by atoms with E-state index in [2.05, 4.69) is 32.7 Å². The standard InChI is InChI=1S/C16H17N5/c17-16(18)19-9-12-5-7-13(8-6-12)10-21-11-20-14-3-1-2-4-15(14)21/h1-8,11H,9-10H2,(H4,17,18,19). The van der Waals surface area contributed by atoms with E-state index in [1.54, 1.807) is 0 Å². The minimum Gasteiger partial charge on any atom is -0.370 e. The van der Waals surface area contributed by atoms with E-state index < -0.39 is 0 Å². The average molecular weight is 279 g/mol. The molecule has 1 heterocycles. The van der Waals surface area contributed by atoms with Crippen molar-refractivity contribution in [3.63, 3.8) is 0 Å². The predicted octanol–water partition coefficient (Wildman–Crippen LogP) is 1.86. The van der Waals surface area contributed by atoms with Crippen LogP contribution in [0.4, 0.5) is 0 Å². The number of rotatable bonds is 4. The summed E-state index contributed by atoms with van der Waals surface area (Å²) in [5.74, 6) is 0.115. The number of hydrogen-bond donors (Lipinski definition) is 2. The summed E-state index contributed by atoms with van der Waals surface area (Å²) in [6.07, 6.45) is 1.87. The number of nitrogens with two attached hydrogens (primary N) is 2. The van der Waals surface area contributed by atoms with Gasteiger partial charge in [-0.15, -0.1) is 0 Å². The van der Waals surface area contributed by atoms with Crippen molar-refractivity contribution in [3.8, 4) is 0 Å². The van der Waals surface area contributed by atoms with Gasteiger partial charge in [0.25, 0.3) is 0 Å². The van der Waals surface area contributed by atoms with Crippen molar-refractivity contribution in [1.82, 2.24) is 9.55 Å². The second-order valence-electron chi connectivity index (χ2n) is 4.92. The zero-order valence-corrected chi connectivity index (χ0v) is 11.6. The van der Waals surface area contributed by atoms with Crippen LogP contribution in [0.15, 0.2) is 59.9 Å². The van der Waals surface area contributed by atoms with E-state index in [0.29, 0.717) is 6.54 Å². The minimum absolute atomic E-state index is 0.115. The molecule has 0 amide bonds. The van der Waals surface area contributed by atoms with Crippen molar-refractivity contribution in [2.24, 2.45) is 16.5 Å². The van der Waals surface area contributed by atoms with Gasteiger partial charge in [0.2, 0.25) is 0 Å². The summed E-state index contributed by atoms with van der Waals surface area (Å²) in [4.78, 5) is 8.40. The van der Waals surface area contributed by atoms with Crippen molar-refractivity contribution in [2.45, 2.75) is 13.1 Å². The number of imidazole rings is 1. The Balaban J connectivity index is 1.77. The fourth-order valence-corrected chi connectivity index (χ4v) is 2.27. The summed E-state index contributed by atoms with van der Waals surface area (Å²) in [7, 11) is 0. The molecule has 106 valence electrons. The number of hydrogen-bond acceptors (Lipinski definition) is 2. The summed E-state index contributed by atoms with van der Waals surface area (Å²) >= 11 is 0. The number of guanidine groups is 1. The zero-order chi connectivity index (χ0) is 14.7. The Bertz CT molecular complexity index is 767. The minimum atomic E-state index is 0.115. The Hall–Kier alpha value is -2.82. The van der Waals surface area contributed by atoms with Gasteiger partial charge in [-0.25, -0.2) is 9.98 Å². The SMILES string of the molecule is NC(N)=NCc1ccc(Cn2cnc3ccccc32)cc1. The highest BCUT2D eigenvalue weighted by Crippen LogP contribution is 2.14. The van der Waals surface area contributed by atoms with E-state index >= 15 is 0 Å². The highest BCUT2D eigenvalue weighted by Gasteiger charge is 2.02. The molecule has 0 aliphatic heterocycles. The third kappa shape index (κ3) is 3.02. The van der Waals surface area contributed by atoms with Crippen molar-refractivity contribution in [2.75, 3.05) is 0 Å². The molecule has 0 radical (unpaired) electrons. The van der Waals surface area contributed by atoms with Gasteiger partial charge in [0.05, 0.1) is 23.9 Å². The quantitative estimate of drug-likeness (QED) is 0.565. The summed E-state index contributed by atoms with van der Waals surface area (Å²) < 4.78 is 2.14. The molecule has 0 bridgehead atoms. The molecule has 21 heavy (non-hydrogen) atoms. The molecule has 0 aliphatic rings. The molecule has 4 N–H and O–H groups in total. The monoisotopic (exact) mass is 279 g/mol. The molecule has 0 unspecified atom stereocenters. The predicted molar refractivity (Wildman–Crippen MR) is 84.8 cm³/mol. The molecule has 0 atom stereocenters. The van der Waals surface area contributed by atoms with Crippen LogP contribution in [-0.4, -0.2) is 15.5 Å². The number of benzene rings is 2. The molecule has 0 saturated carbocycles. The van der Waals surface area contributed by atoms with Gasteiger partial charge in [0.1, 0.15) is 0 Å². The van der Waals surface area contributed by atoms with Crippen molar-refractivity contribution in [3.05, 3.63) is 66.0 Å². The molecule has 0 spiro atoms. The molecule has 0 fully saturated rings. The lowest BCUT2D eigenvalue weighted by molar-refractivity contribution is 0.823. The van der Waals surface area contributed by atoms with E-state index in [1.807, 2.05) is 36.7 Å². The summed E-state index contributed by atoms with van der Waals surface area (Å²) in [5, 5.41) is 0. The molecule has 0 saturated heterocycles. The van der Waals surface area contributed by atoms with Crippen LogP contribution in [0.2, 0.25) is 0 Å². The Labute approximate surface area is 122 Å². The van der Waals surface area contributed by atoms with Gasteiger partial charge in [-0.3, -0.25) is 0 Å². The largest absolute Gasteiger partial charge is 0.370 e. The highest BCUT2D eigenvalue weighted by atomic mass is 15.0. The van der Waals surface area contributed by atoms with E-state index in [-0.39, 0.29) is 5.96 Å². The zero-order valence-electron chi connectivity index (χ0n) is 11.6. The van der Waals surface area contributed by atoms with Gasteiger partial charge in [0, 0.05) is 6.54 Å². The average Bonchev–Trinajstić information content (AvgIpc) is 2.90. The van der Waals surface area contributed by atoms with E-state index in [0.717, 1.165) is 23.1 Å². The third-order valence-electron chi connectivity index (χ3n) is 3.35. The van der Waals surface area contributed by atoms with Gasteiger partial charge < -0.3 is 16.0 Å². The van der Waals surface area contributed by atoms with Crippen LogP contribution in [0.1, 0.15) is 11.1 Å². The Morgan fingerprint density at radius 1 is 1.00 bits per heavy atom. The summed E-state index contributed by atoms with van der Waals surface area (Å²) in [5.41, 5.74) is 15.1. The van der Waals surface area contributed by atoms with Gasteiger partial charge in [-0.2, -0.15) is 0 Å². The van der Waals surface area contributed by atoms with Crippen molar-refractivity contribution >= 4 is 17.0 Å². The van der Waals surface area contributed by atoms with Gasteiger partial charge in [-0.05, 0) is 23.3 Å². The molecular weight excluding hydrogens is 262 g/mol. The molecule has 2 aromatic carbocycles. The van der Waals surface area contributed by atoms with Crippen LogP contribution in [0.25, 0.3) is 11.0 Å². The Morgan fingerprint density at radius 2 is 1.71 bits per heavy atom. The first-order valence-electron chi connectivity index (χ1n) is 6.75. The smallest absolute Gasteiger partial charge is 0.186 e. The molecule has 3 aromatic rings. The lowest BCUT2D eigenvalue weighted by atomic mass is 10.1. The van der Waals surface area contributed by atoms with Crippen molar-refractivity contribution < 1.29 is 0 Å². The molecule has 1 aromatic heterocycles. The van der Waals surface area contributed by atoms with E-state index in [1.165, 1.54) is 5.56 Å². The summed E-state index contributed by atoms with van der Waals surface area (Å²) in [6.45, 7) is 1.31. The van der Waals surface area contributed by atoms with Crippen LogP contribution in [-0.2, 0) is 13.1 Å². The lowest BCUT2D eigenvalue weighted by Crippen LogP contribution is -2.22. The maximum atomic E-state index is 5.33. The van der Waals surface area contributed by atoms with Crippen LogP contribution >= 0.6 is 0 Å². The van der Waals surface area contributed by atoms with Crippen molar-refractivity contribution in [1.29, 1.82) is 0 Å². The number of aromatic nitrogens is 2. The Morgan fingerprint density at radius 3 is 2.48 bits per heavy atom. The van der Waals surface area contributed by atoms with Gasteiger partial charge in [0.15, 0.2) is 5.96 Å². The maximum Gasteiger partial charge on any atom is 0.186 e. The second-order valence-corrected chi connectivity index (χ2v) is 4.92. The van der Waals surface area contributed by atoms with E-state index in [4.69, 9.17) is 11.5 Å². The normalized spacial score (nSPS) is 10.7. The molecular formula is C16H17N5. The third-order valence-corrected chi connectivity index (χ3v) is 3.35. The number of aliphatic imine (C=N–C) groups is 1. The maximum absolute atomic E-state index is 5.33. The fourth-order valence-electron chi connectivity index (χ4n) is 2.27. The number of nitrogens with zero attached hydrogens (tertiary/aromatic N) is 3. The summed E-state index contributed by atoms with van der Waals surface area (Å²) in [6, 6.07) is 16.4. The highest BCUT2D eigenvalue weighted by molar-refractivity contribution is 5.75. The van der Waals surface area contributed by atoms with Crippen LogP contribution < -0.4 is 11.5 Å². The number of fused-ring (bicyclic) bond motifs is 1. The molecule has 5 nitrogen and oxygen atoms in total. The molecule has 3 rings (SSSR count). The molecule has 0 aliphatic carbocycles. The van der Waals surface area contributed by atoms with Gasteiger partial charge in [-0.1, -0.05) is 36.4 Å². The first kappa shape index (κ1) is 13.2. The first-order chi connectivity index (χ1) is 10.2. The fraction of sp³-hybridized carbons (Fsp3) is 0.125. The first-order valence-corrected chi connectivity index (χ1v) is 6.75. The van der Waals surface area contributed by atoms with Crippen LogP contribution in [0.3, 0.4) is 0 Å². The van der Waals surface area contributed by atoms with Gasteiger partial charge >= 0.3 is 0 Å². The van der Waals surface area contributed by atoms with Crippen LogP contribution in [0.5, 0.6) is 0 Å². The number of para-hydroxylation sites is 2. The van der Waals surface area contributed by atoms with E-state index in [9.17, 15) is 0 Å².